The van der Waals surface area contributed by atoms with Gasteiger partial charge < -0.3 is 10.2 Å². The lowest BCUT2D eigenvalue weighted by Gasteiger charge is -2.34. The van der Waals surface area contributed by atoms with Gasteiger partial charge >= 0.3 is 6.03 Å². The largest absolute Gasteiger partial charge is 0.344 e. The van der Waals surface area contributed by atoms with Crippen LogP contribution in [0.3, 0.4) is 0 Å². The number of benzene rings is 1. The van der Waals surface area contributed by atoms with E-state index in [1.54, 1.807) is 6.92 Å². The number of carbonyl (C=O) groups is 3. The first-order chi connectivity index (χ1) is 16.4. The summed E-state index contributed by atoms with van der Waals surface area (Å²) in [6, 6.07) is 9.30. The van der Waals surface area contributed by atoms with Gasteiger partial charge in [0.15, 0.2) is 0 Å². The van der Waals surface area contributed by atoms with Crippen LogP contribution in [0.4, 0.5) is 4.79 Å². The van der Waals surface area contributed by atoms with Gasteiger partial charge in [0.05, 0.1) is 6.54 Å². The Bertz CT molecular complexity index is 847. The molecule has 3 saturated heterocycles. The molecule has 0 aromatic heterocycles. The average Bonchev–Trinajstić information content (AvgIpc) is 3.01. The Morgan fingerprint density at radius 3 is 2.35 bits per heavy atom. The molecule has 0 saturated carbocycles. The standard InChI is InChI=1S/C26H39N5O3/c1-26(14-11-21-9-5-4-6-10-21)24(33)31(25(34)27-26)28-23(32)20-30-17-12-22(13-18-30)19-29-15-7-2-3-8-16-29/h4-6,9-10,22H,2-3,7-8,11-20H2,1H3,(H,27,34)(H,28,32). The maximum atomic E-state index is 13.0. The zero-order valence-electron chi connectivity index (χ0n) is 20.4. The highest BCUT2D eigenvalue weighted by Gasteiger charge is 2.48. The SMILES string of the molecule is CC1(CCc2ccccc2)NC(=O)N(NC(=O)CN2CCC(CN3CCCCCC3)CC2)C1=O. The highest BCUT2D eigenvalue weighted by molar-refractivity contribution is 6.07. The minimum Gasteiger partial charge on any atom is -0.322 e. The van der Waals surface area contributed by atoms with Gasteiger partial charge in [0.2, 0.25) is 0 Å². The van der Waals surface area contributed by atoms with E-state index >= 15 is 0 Å². The van der Waals surface area contributed by atoms with E-state index in [0.717, 1.165) is 36.5 Å². The summed E-state index contributed by atoms with van der Waals surface area (Å²) < 4.78 is 0. The van der Waals surface area contributed by atoms with E-state index in [1.165, 1.54) is 45.3 Å². The number of imide groups is 1. The maximum absolute atomic E-state index is 13.0. The Kier molecular flexibility index (Phi) is 8.21. The molecule has 1 atom stereocenters. The van der Waals surface area contributed by atoms with Crippen molar-refractivity contribution in [1.82, 2.24) is 25.6 Å². The number of aryl methyl sites for hydroxylation is 1. The average molecular weight is 470 g/mol. The molecule has 1 aromatic rings. The van der Waals surface area contributed by atoms with Crippen LogP contribution >= 0.6 is 0 Å². The molecule has 3 aliphatic heterocycles. The normalized spacial score (nSPS) is 25.3. The smallest absolute Gasteiger partial charge is 0.322 e. The van der Waals surface area contributed by atoms with E-state index in [4.69, 9.17) is 0 Å². The summed E-state index contributed by atoms with van der Waals surface area (Å²) in [5.74, 6) is -0.0339. The van der Waals surface area contributed by atoms with Gasteiger partial charge in [-0.05, 0) is 83.1 Å². The summed E-state index contributed by atoms with van der Waals surface area (Å²) in [4.78, 5) is 42.8. The van der Waals surface area contributed by atoms with Crippen LogP contribution in [0.25, 0.3) is 0 Å². The summed E-state index contributed by atoms with van der Waals surface area (Å²) in [5, 5.41) is 3.62. The summed E-state index contributed by atoms with van der Waals surface area (Å²) in [6.45, 7) is 7.29. The molecule has 0 spiro atoms. The van der Waals surface area contributed by atoms with E-state index < -0.39 is 17.5 Å². The Labute approximate surface area is 203 Å². The van der Waals surface area contributed by atoms with Crippen molar-refractivity contribution >= 4 is 17.8 Å². The van der Waals surface area contributed by atoms with Crippen LogP contribution in [0.5, 0.6) is 0 Å². The first kappa shape index (κ1) is 24.7. The second-order valence-corrected chi connectivity index (χ2v) is 10.4. The first-order valence-corrected chi connectivity index (χ1v) is 12.9. The van der Waals surface area contributed by atoms with Crippen LogP contribution in [0.15, 0.2) is 30.3 Å². The number of carbonyl (C=O) groups excluding carboxylic acids is 3. The molecule has 1 aromatic carbocycles. The zero-order chi connectivity index (χ0) is 24.0. The molecule has 8 nitrogen and oxygen atoms in total. The Hall–Kier alpha value is -2.45. The second kappa shape index (κ2) is 11.3. The Balaban J connectivity index is 1.20. The van der Waals surface area contributed by atoms with Crippen molar-refractivity contribution in [2.24, 2.45) is 5.92 Å². The number of nitrogens with zero attached hydrogens (tertiary/aromatic N) is 3. The summed E-state index contributed by atoms with van der Waals surface area (Å²) in [5.41, 5.74) is 2.63. The van der Waals surface area contributed by atoms with Crippen LogP contribution < -0.4 is 10.7 Å². The highest BCUT2D eigenvalue weighted by atomic mass is 16.2. The van der Waals surface area contributed by atoms with Gasteiger partial charge in [-0.3, -0.25) is 19.9 Å². The third-order valence-corrected chi connectivity index (χ3v) is 7.54. The number of hydrogen-bond donors (Lipinski definition) is 2. The molecule has 0 aliphatic carbocycles. The fraction of sp³-hybridized carbons (Fsp3) is 0.654. The van der Waals surface area contributed by atoms with Crippen molar-refractivity contribution in [3.63, 3.8) is 0 Å². The molecular weight excluding hydrogens is 430 g/mol. The van der Waals surface area contributed by atoms with Gasteiger partial charge in [-0.15, -0.1) is 0 Å². The third-order valence-electron chi connectivity index (χ3n) is 7.54. The van der Waals surface area contributed by atoms with Crippen molar-refractivity contribution in [2.45, 2.75) is 63.8 Å². The Morgan fingerprint density at radius 2 is 1.68 bits per heavy atom. The molecular formula is C26H39N5O3. The molecule has 3 aliphatic rings. The molecule has 186 valence electrons. The lowest BCUT2D eigenvalue weighted by Crippen LogP contribution is -2.52. The van der Waals surface area contributed by atoms with Crippen molar-refractivity contribution in [2.75, 3.05) is 39.3 Å². The summed E-state index contributed by atoms with van der Waals surface area (Å²) in [6.07, 6.45) is 8.65. The van der Waals surface area contributed by atoms with Crippen LogP contribution in [0.2, 0.25) is 0 Å². The number of nitrogens with one attached hydrogen (secondary N) is 2. The number of rotatable bonds is 8. The molecule has 3 heterocycles. The van der Waals surface area contributed by atoms with Gasteiger partial charge in [-0.2, -0.15) is 5.01 Å². The molecule has 3 fully saturated rings. The number of likely N-dealkylation sites (tertiary alicyclic amines) is 2. The first-order valence-electron chi connectivity index (χ1n) is 12.9. The highest BCUT2D eigenvalue weighted by Crippen LogP contribution is 2.23. The zero-order valence-corrected chi connectivity index (χ0v) is 20.4. The third kappa shape index (κ3) is 6.36. The van der Waals surface area contributed by atoms with Gasteiger partial charge in [0.25, 0.3) is 11.8 Å². The van der Waals surface area contributed by atoms with Crippen molar-refractivity contribution in [3.8, 4) is 0 Å². The monoisotopic (exact) mass is 469 g/mol. The number of hydrogen-bond acceptors (Lipinski definition) is 5. The molecule has 8 heteroatoms. The molecule has 0 radical (unpaired) electrons. The van der Waals surface area contributed by atoms with E-state index in [2.05, 4.69) is 20.5 Å². The molecule has 2 N–H and O–H groups in total. The lowest BCUT2D eigenvalue weighted by atomic mass is 9.93. The minimum atomic E-state index is -1.02. The van der Waals surface area contributed by atoms with Gasteiger partial charge in [0, 0.05) is 6.54 Å². The predicted molar refractivity (Wildman–Crippen MR) is 131 cm³/mol. The van der Waals surface area contributed by atoms with Crippen molar-refractivity contribution < 1.29 is 14.4 Å². The van der Waals surface area contributed by atoms with E-state index in [1.807, 2.05) is 30.3 Å². The number of hydrazine groups is 1. The fourth-order valence-electron chi connectivity index (χ4n) is 5.37. The Morgan fingerprint density at radius 1 is 1.00 bits per heavy atom. The minimum absolute atomic E-state index is 0.203. The van der Waals surface area contributed by atoms with Crippen molar-refractivity contribution in [3.05, 3.63) is 35.9 Å². The molecule has 4 amide bonds. The summed E-state index contributed by atoms with van der Waals surface area (Å²) >= 11 is 0. The molecule has 1 unspecified atom stereocenters. The van der Waals surface area contributed by atoms with Crippen molar-refractivity contribution in [1.29, 1.82) is 0 Å². The van der Waals surface area contributed by atoms with Gasteiger partial charge in [-0.25, -0.2) is 4.79 Å². The topological polar surface area (TPSA) is 85.0 Å². The number of urea groups is 1. The second-order valence-electron chi connectivity index (χ2n) is 10.4. The molecule has 0 bridgehead atoms. The van der Waals surface area contributed by atoms with Crippen LogP contribution in [0, 0.1) is 5.92 Å². The van der Waals surface area contributed by atoms with Crippen LogP contribution in [-0.4, -0.2) is 77.5 Å². The quantitative estimate of drug-likeness (QED) is 0.572. The lowest BCUT2D eigenvalue weighted by molar-refractivity contribution is -0.139. The molecule has 4 rings (SSSR count). The number of piperidine rings is 1. The van der Waals surface area contributed by atoms with Gasteiger partial charge in [0.1, 0.15) is 5.54 Å². The van der Waals surface area contributed by atoms with E-state index in [-0.39, 0.29) is 12.5 Å². The van der Waals surface area contributed by atoms with E-state index in [9.17, 15) is 14.4 Å². The number of amides is 4. The summed E-state index contributed by atoms with van der Waals surface area (Å²) in [7, 11) is 0. The predicted octanol–water partition coefficient (Wildman–Crippen LogP) is 2.55. The maximum Gasteiger partial charge on any atom is 0.344 e. The van der Waals surface area contributed by atoms with E-state index in [0.29, 0.717) is 18.8 Å². The van der Waals surface area contributed by atoms with Gasteiger partial charge in [-0.1, -0.05) is 43.2 Å². The fourth-order valence-corrected chi connectivity index (χ4v) is 5.37. The van der Waals surface area contributed by atoms with Crippen LogP contribution in [-0.2, 0) is 16.0 Å². The molecule has 34 heavy (non-hydrogen) atoms. The van der Waals surface area contributed by atoms with Crippen LogP contribution in [0.1, 0.15) is 57.4 Å².